The molecule has 1 fully saturated rings. The normalized spacial score (nSPS) is 16.7. The molecule has 0 radical (unpaired) electrons. The maximum absolute atomic E-state index is 12.3. The van der Waals surface area contributed by atoms with Gasteiger partial charge < -0.3 is 14.6 Å². The quantitative estimate of drug-likeness (QED) is 0.456. The number of thioether (sulfide) groups is 1. The molecule has 0 saturated carbocycles. The summed E-state index contributed by atoms with van der Waals surface area (Å²) in [5.41, 5.74) is 0.956. The monoisotopic (exact) mass is 472 g/mol. The first-order chi connectivity index (χ1) is 15.5. The van der Waals surface area contributed by atoms with Crippen LogP contribution in [0.1, 0.15) is 17.4 Å². The van der Waals surface area contributed by atoms with Gasteiger partial charge in [-0.1, -0.05) is 41.7 Å². The number of thiazole rings is 1. The highest BCUT2D eigenvalue weighted by Crippen LogP contribution is 2.25. The number of hydrogen-bond acceptors (Lipinski definition) is 7. The fourth-order valence-electron chi connectivity index (χ4n) is 3.36. The third-order valence-corrected chi connectivity index (χ3v) is 7.11. The molecule has 1 aliphatic heterocycles. The fraction of sp³-hybridized carbons (Fsp3) is 0.304. The molecule has 1 aliphatic rings. The lowest BCUT2D eigenvalue weighted by atomic mass is 10.1. The predicted octanol–water partition coefficient (Wildman–Crippen LogP) is 4.11. The van der Waals surface area contributed by atoms with Gasteiger partial charge in [-0.05, 0) is 36.8 Å². The van der Waals surface area contributed by atoms with Gasteiger partial charge in [0.05, 0.1) is 17.5 Å². The highest BCUT2D eigenvalue weighted by Gasteiger charge is 2.34. The Morgan fingerprint density at radius 3 is 2.66 bits per heavy atom. The molecule has 0 spiro atoms. The van der Waals surface area contributed by atoms with Gasteiger partial charge in [-0.2, -0.15) is 0 Å². The van der Waals surface area contributed by atoms with Gasteiger partial charge in [-0.3, -0.25) is 14.7 Å². The molecule has 0 aliphatic carbocycles. The maximum atomic E-state index is 12.3. The lowest BCUT2D eigenvalue weighted by Crippen LogP contribution is -2.38. The largest absolute Gasteiger partial charge is 0.494 e. The second-order valence-electron chi connectivity index (χ2n) is 7.55. The molecule has 1 aromatic heterocycles. The summed E-state index contributed by atoms with van der Waals surface area (Å²) >= 11 is 2.68. The number of carbonyl (C=O) groups excluding carboxylic acids is 1. The molecule has 4 rings (SSSR count). The zero-order valence-corrected chi connectivity index (χ0v) is 19.2. The lowest BCUT2D eigenvalue weighted by molar-refractivity contribution is 0.127. The third kappa shape index (κ3) is 5.66. The molecule has 168 valence electrons. The fourth-order valence-corrected chi connectivity index (χ4v) is 5.02. The van der Waals surface area contributed by atoms with Crippen LogP contribution in [-0.2, 0) is 11.2 Å². The van der Waals surface area contributed by atoms with E-state index < -0.39 is 0 Å². The molecule has 2 atom stereocenters. The number of benzene rings is 2. The van der Waals surface area contributed by atoms with Crippen molar-refractivity contribution in [3.05, 3.63) is 74.7 Å². The third-order valence-electron chi connectivity index (χ3n) is 5.09. The number of aromatic nitrogens is 1. The molecule has 2 N–H and O–H groups in total. The van der Waals surface area contributed by atoms with Crippen LogP contribution in [0, 0.1) is 0 Å². The Morgan fingerprint density at radius 1 is 1.22 bits per heavy atom. The van der Waals surface area contributed by atoms with Crippen LogP contribution < -0.4 is 9.61 Å². The summed E-state index contributed by atoms with van der Waals surface area (Å²) < 4.78 is 11.4. The number of hydrogen-bond donors (Lipinski definition) is 2. The average molecular weight is 473 g/mol. The summed E-state index contributed by atoms with van der Waals surface area (Å²) in [4.78, 5) is 29.2. The van der Waals surface area contributed by atoms with Gasteiger partial charge in [0.25, 0.3) is 0 Å². The Kier molecular flexibility index (Phi) is 7.06. The molecular formula is C23H24N2O5S2. The first-order valence-electron chi connectivity index (χ1n) is 10.3. The zero-order chi connectivity index (χ0) is 22.5. The van der Waals surface area contributed by atoms with Crippen molar-refractivity contribution in [2.24, 2.45) is 0 Å². The van der Waals surface area contributed by atoms with Crippen molar-refractivity contribution in [2.45, 2.75) is 30.4 Å². The van der Waals surface area contributed by atoms with Crippen LogP contribution in [0.5, 0.6) is 11.6 Å². The van der Waals surface area contributed by atoms with Crippen LogP contribution >= 0.6 is 23.1 Å². The minimum absolute atomic E-state index is 0.0767. The number of nitrogens with one attached hydrogen (secondary N) is 1. The molecule has 2 aromatic carbocycles. The molecule has 32 heavy (non-hydrogen) atoms. The van der Waals surface area contributed by atoms with Crippen LogP contribution in [0.25, 0.3) is 0 Å². The van der Waals surface area contributed by atoms with E-state index in [1.54, 1.807) is 16.7 Å². The van der Waals surface area contributed by atoms with Crippen molar-refractivity contribution in [2.75, 3.05) is 18.9 Å². The Hall–Kier alpha value is -2.91. The van der Waals surface area contributed by atoms with E-state index in [1.165, 1.54) is 0 Å². The number of nitrogens with zero attached hydrogens (tertiary/aromatic N) is 1. The number of ether oxygens (including phenoxy) is 2. The zero-order valence-electron chi connectivity index (χ0n) is 17.5. The van der Waals surface area contributed by atoms with Crippen molar-refractivity contribution in [1.82, 2.24) is 9.88 Å². The van der Waals surface area contributed by atoms with Gasteiger partial charge in [0, 0.05) is 17.1 Å². The lowest BCUT2D eigenvalue weighted by Gasteiger charge is -2.22. The molecule has 7 nitrogen and oxygen atoms in total. The summed E-state index contributed by atoms with van der Waals surface area (Å²) in [5.74, 6) is 1.33. The average Bonchev–Trinajstić information content (AvgIpc) is 3.32. The van der Waals surface area contributed by atoms with Crippen LogP contribution in [0.15, 0.2) is 64.3 Å². The smallest absolute Gasteiger partial charge is 0.410 e. The number of aromatic amines is 1. The van der Waals surface area contributed by atoms with E-state index >= 15 is 0 Å². The van der Waals surface area contributed by atoms with E-state index in [4.69, 9.17) is 9.47 Å². The minimum Gasteiger partial charge on any atom is -0.494 e. The standard InChI is InChI=1S/C23H24N2O5S2/c1-15(25-12-18(30-23(25)28)14-31-19-5-3-2-4-6-19)13-29-17-9-7-16(8-10-17)11-20-21(26)24-22(27)32-20/h2-10,15,18,26H,11-14H2,1H3,(H,24,27). The molecule has 2 heterocycles. The highest BCUT2D eigenvalue weighted by atomic mass is 32.2. The van der Waals surface area contributed by atoms with Crippen LogP contribution in [-0.4, -0.2) is 52.1 Å². The van der Waals surface area contributed by atoms with Gasteiger partial charge in [-0.25, -0.2) is 4.79 Å². The van der Waals surface area contributed by atoms with Gasteiger partial charge in [0.1, 0.15) is 18.5 Å². The molecule has 9 heteroatoms. The highest BCUT2D eigenvalue weighted by molar-refractivity contribution is 7.99. The van der Waals surface area contributed by atoms with Crippen molar-refractivity contribution in [3.63, 3.8) is 0 Å². The molecule has 0 bridgehead atoms. The predicted molar refractivity (Wildman–Crippen MR) is 125 cm³/mol. The molecular weight excluding hydrogens is 448 g/mol. The minimum atomic E-state index is -0.305. The molecule has 2 unspecified atom stereocenters. The van der Waals surface area contributed by atoms with E-state index in [0.717, 1.165) is 21.8 Å². The summed E-state index contributed by atoms with van der Waals surface area (Å²) in [6, 6.07) is 17.4. The van der Waals surface area contributed by atoms with E-state index in [0.29, 0.717) is 36.0 Å². The Labute approximate surface area is 194 Å². The van der Waals surface area contributed by atoms with Crippen molar-refractivity contribution < 1.29 is 19.4 Å². The summed E-state index contributed by atoms with van der Waals surface area (Å²) in [6.45, 7) is 2.84. The van der Waals surface area contributed by atoms with E-state index in [2.05, 4.69) is 4.98 Å². The van der Waals surface area contributed by atoms with Crippen molar-refractivity contribution >= 4 is 29.2 Å². The van der Waals surface area contributed by atoms with Gasteiger partial charge in [0.15, 0.2) is 0 Å². The summed E-state index contributed by atoms with van der Waals surface area (Å²) in [6.07, 6.45) is 0.0175. The van der Waals surface area contributed by atoms with E-state index in [-0.39, 0.29) is 29.0 Å². The number of amides is 1. The summed E-state index contributed by atoms with van der Waals surface area (Å²) in [7, 11) is 0. The number of rotatable bonds is 9. The topological polar surface area (TPSA) is 91.9 Å². The maximum Gasteiger partial charge on any atom is 0.410 e. The molecule has 3 aromatic rings. The number of aromatic hydroxyl groups is 1. The Balaban J connectivity index is 1.25. The number of cyclic esters (lactones) is 1. The van der Waals surface area contributed by atoms with Gasteiger partial charge >= 0.3 is 11.0 Å². The van der Waals surface area contributed by atoms with Crippen LogP contribution in [0.2, 0.25) is 0 Å². The first-order valence-corrected chi connectivity index (χ1v) is 12.1. The summed E-state index contributed by atoms with van der Waals surface area (Å²) in [5, 5.41) is 9.71. The van der Waals surface area contributed by atoms with Crippen LogP contribution in [0.4, 0.5) is 4.79 Å². The van der Waals surface area contributed by atoms with Crippen LogP contribution in [0.3, 0.4) is 0 Å². The molecule has 1 amide bonds. The van der Waals surface area contributed by atoms with Gasteiger partial charge in [0.2, 0.25) is 5.88 Å². The first kappa shape index (κ1) is 22.3. The van der Waals surface area contributed by atoms with Crippen molar-refractivity contribution in [1.29, 1.82) is 0 Å². The number of carbonyl (C=O) groups is 1. The second-order valence-corrected chi connectivity index (χ2v) is 9.71. The second kappa shape index (κ2) is 10.1. The van der Waals surface area contributed by atoms with Crippen molar-refractivity contribution in [3.8, 4) is 11.6 Å². The van der Waals surface area contributed by atoms with Gasteiger partial charge in [-0.15, -0.1) is 11.8 Å². The van der Waals surface area contributed by atoms with E-state index in [1.807, 2.05) is 61.5 Å². The SMILES string of the molecule is CC(COc1ccc(Cc2sc(=O)[nH]c2O)cc1)N1CC(CSc2ccccc2)OC1=O. The Morgan fingerprint density at radius 2 is 1.97 bits per heavy atom. The van der Waals surface area contributed by atoms with E-state index in [9.17, 15) is 14.7 Å². The number of H-pyrrole nitrogens is 1. The Bertz CT molecular complexity index is 1100. The molecule has 1 saturated heterocycles.